The smallest absolute Gasteiger partial charge is 0.222 e. The first-order chi connectivity index (χ1) is 13.5. The number of rotatable bonds is 7. The molecule has 2 heterocycles. The fourth-order valence-electron chi connectivity index (χ4n) is 4.51. The van der Waals surface area contributed by atoms with Crippen LogP contribution in [-0.2, 0) is 16.0 Å². The van der Waals surface area contributed by atoms with Crippen LogP contribution >= 0.6 is 11.6 Å². The lowest BCUT2D eigenvalue weighted by Gasteiger charge is -2.42. The predicted octanol–water partition coefficient (Wildman–Crippen LogP) is 3.28. The molecule has 0 radical (unpaired) electrons. The van der Waals surface area contributed by atoms with E-state index >= 15 is 0 Å². The molecule has 3 rings (SSSR count). The van der Waals surface area contributed by atoms with Crippen LogP contribution in [0.3, 0.4) is 0 Å². The number of hydrogen-bond acceptors (Lipinski definition) is 3. The Morgan fingerprint density at radius 2 is 2.07 bits per heavy atom. The van der Waals surface area contributed by atoms with Gasteiger partial charge in [-0.3, -0.25) is 9.59 Å². The van der Waals surface area contributed by atoms with E-state index in [1.807, 2.05) is 34.1 Å². The molecule has 1 aromatic rings. The van der Waals surface area contributed by atoms with E-state index in [1.54, 1.807) is 0 Å². The number of halogens is 1. The third-order valence-electron chi connectivity index (χ3n) is 6.06. The predicted molar refractivity (Wildman–Crippen MR) is 110 cm³/mol. The van der Waals surface area contributed by atoms with Gasteiger partial charge in [-0.05, 0) is 56.2 Å². The van der Waals surface area contributed by atoms with Crippen molar-refractivity contribution in [3.05, 3.63) is 34.9 Å². The number of nitrogens with zero attached hydrogens (tertiary/aromatic N) is 2. The van der Waals surface area contributed by atoms with Crippen LogP contribution in [0.4, 0.5) is 0 Å². The molecule has 6 heteroatoms. The van der Waals surface area contributed by atoms with E-state index in [1.165, 1.54) is 0 Å². The molecule has 0 bridgehead atoms. The van der Waals surface area contributed by atoms with Gasteiger partial charge in [-0.15, -0.1) is 0 Å². The molecule has 28 heavy (non-hydrogen) atoms. The molecule has 0 aromatic heterocycles. The molecule has 0 aliphatic carbocycles. The minimum absolute atomic E-state index is 0.0611. The SMILES string of the molecule is O=C1CCCCN1CCCC(=O)N1CCC[C@](CO)(Cc2cccc(Cl)c2)C1. The molecule has 1 N–H and O–H groups in total. The fraction of sp³-hybridized carbons (Fsp3) is 0.636. The first-order valence-corrected chi connectivity index (χ1v) is 10.8. The summed E-state index contributed by atoms with van der Waals surface area (Å²) < 4.78 is 0. The summed E-state index contributed by atoms with van der Waals surface area (Å²) in [5, 5.41) is 10.8. The second-order valence-corrected chi connectivity index (χ2v) is 8.76. The van der Waals surface area contributed by atoms with Gasteiger partial charge in [0.25, 0.3) is 0 Å². The minimum Gasteiger partial charge on any atom is -0.396 e. The maximum absolute atomic E-state index is 12.8. The zero-order chi connectivity index (χ0) is 20.0. The number of likely N-dealkylation sites (tertiary alicyclic amines) is 2. The highest BCUT2D eigenvalue weighted by molar-refractivity contribution is 6.30. The van der Waals surface area contributed by atoms with Gasteiger partial charge in [0.05, 0.1) is 6.61 Å². The monoisotopic (exact) mass is 406 g/mol. The van der Waals surface area contributed by atoms with E-state index in [0.717, 1.165) is 50.8 Å². The van der Waals surface area contributed by atoms with Crippen LogP contribution in [-0.4, -0.2) is 59.5 Å². The number of piperidine rings is 2. The van der Waals surface area contributed by atoms with Crippen LogP contribution in [0.5, 0.6) is 0 Å². The average molecular weight is 407 g/mol. The van der Waals surface area contributed by atoms with Gasteiger partial charge in [0.2, 0.25) is 11.8 Å². The van der Waals surface area contributed by atoms with Crippen LogP contribution in [0.15, 0.2) is 24.3 Å². The molecule has 2 aliphatic heterocycles. The molecule has 2 amide bonds. The normalized spacial score (nSPS) is 23.1. The van der Waals surface area contributed by atoms with E-state index in [2.05, 4.69) is 0 Å². The molecule has 5 nitrogen and oxygen atoms in total. The van der Waals surface area contributed by atoms with Crippen LogP contribution in [0.25, 0.3) is 0 Å². The highest BCUT2D eigenvalue weighted by atomic mass is 35.5. The van der Waals surface area contributed by atoms with E-state index in [-0.39, 0.29) is 23.8 Å². The summed E-state index contributed by atoms with van der Waals surface area (Å²) in [5.41, 5.74) is 0.793. The largest absolute Gasteiger partial charge is 0.396 e. The molecule has 1 aromatic carbocycles. The number of aliphatic hydroxyl groups excluding tert-OH is 1. The van der Waals surface area contributed by atoms with Gasteiger partial charge in [0.15, 0.2) is 0 Å². The van der Waals surface area contributed by atoms with Crippen LogP contribution < -0.4 is 0 Å². The number of amides is 2. The van der Waals surface area contributed by atoms with Crippen molar-refractivity contribution in [2.75, 3.05) is 32.8 Å². The third-order valence-corrected chi connectivity index (χ3v) is 6.29. The molecule has 2 saturated heterocycles. The lowest BCUT2D eigenvalue weighted by Crippen LogP contribution is -2.49. The van der Waals surface area contributed by atoms with Crippen molar-refractivity contribution in [1.29, 1.82) is 0 Å². The van der Waals surface area contributed by atoms with Gasteiger partial charge in [-0.25, -0.2) is 0 Å². The van der Waals surface area contributed by atoms with E-state index in [4.69, 9.17) is 11.6 Å². The average Bonchev–Trinajstić information content (AvgIpc) is 2.69. The Morgan fingerprint density at radius 1 is 1.21 bits per heavy atom. The van der Waals surface area contributed by atoms with Crippen LogP contribution in [0.2, 0.25) is 5.02 Å². The Morgan fingerprint density at radius 3 is 2.82 bits per heavy atom. The lowest BCUT2D eigenvalue weighted by molar-refractivity contribution is -0.137. The minimum atomic E-state index is -0.304. The van der Waals surface area contributed by atoms with Gasteiger partial charge in [0, 0.05) is 49.5 Å². The summed E-state index contributed by atoms with van der Waals surface area (Å²) in [5.74, 6) is 0.352. The van der Waals surface area contributed by atoms with E-state index in [9.17, 15) is 14.7 Å². The van der Waals surface area contributed by atoms with Crippen molar-refractivity contribution < 1.29 is 14.7 Å². The molecule has 2 fully saturated rings. The van der Waals surface area contributed by atoms with Crippen molar-refractivity contribution in [2.45, 2.75) is 51.4 Å². The molecule has 2 aliphatic rings. The summed E-state index contributed by atoms with van der Waals surface area (Å²) in [7, 11) is 0. The van der Waals surface area contributed by atoms with Gasteiger partial charge in [-0.2, -0.15) is 0 Å². The van der Waals surface area contributed by atoms with Crippen molar-refractivity contribution in [3.8, 4) is 0 Å². The Hall–Kier alpha value is -1.59. The summed E-state index contributed by atoms with van der Waals surface area (Å²) in [6, 6.07) is 7.74. The van der Waals surface area contributed by atoms with Gasteiger partial charge in [-0.1, -0.05) is 23.7 Å². The topological polar surface area (TPSA) is 60.9 Å². The highest BCUT2D eigenvalue weighted by Crippen LogP contribution is 2.34. The van der Waals surface area contributed by atoms with E-state index < -0.39 is 0 Å². The Labute approximate surface area is 172 Å². The van der Waals surface area contributed by atoms with Crippen molar-refractivity contribution >= 4 is 23.4 Å². The number of carbonyl (C=O) groups is 2. The van der Waals surface area contributed by atoms with Gasteiger partial charge >= 0.3 is 0 Å². The summed E-state index contributed by atoms with van der Waals surface area (Å²) in [6.07, 6.45) is 6.38. The second kappa shape index (κ2) is 9.75. The molecular weight excluding hydrogens is 376 g/mol. The summed E-state index contributed by atoms with van der Waals surface area (Å²) in [4.78, 5) is 28.4. The molecule has 0 spiro atoms. The molecule has 0 unspecified atom stereocenters. The molecule has 1 atom stereocenters. The van der Waals surface area contributed by atoms with Crippen LogP contribution in [0, 0.1) is 5.41 Å². The maximum Gasteiger partial charge on any atom is 0.222 e. The zero-order valence-electron chi connectivity index (χ0n) is 16.5. The van der Waals surface area contributed by atoms with E-state index in [0.29, 0.717) is 37.4 Å². The first-order valence-electron chi connectivity index (χ1n) is 10.4. The summed E-state index contributed by atoms with van der Waals surface area (Å²) >= 11 is 6.11. The Balaban J connectivity index is 1.53. The van der Waals surface area contributed by atoms with Crippen molar-refractivity contribution in [2.24, 2.45) is 5.41 Å². The third kappa shape index (κ3) is 5.48. The number of hydrogen-bond donors (Lipinski definition) is 1. The lowest BCUT2D eigenvalue weighted by atomic mass is 9.75. The fourth-order valence-corrected chi connectivity index (χ4v) is 4.72. The second-order valence-electron chi connectivity index (χ2n) is 8.33. The Bertz CT molecular complexity index is 696. The summed E-state index contributed by atoms with van der Waals surface area (Å²) in [6.45, 7) is 2.89. The molecular formula is C22H31ClN2O3. The van der Waals surface area contributed by atoms with Gasteiger partial charge in [0.1, 0.15) is 0 Å². The molecule has 154 valence electrons. The van der Waals surface area contributed by atoms with Gasteiger partial charge < -0.3 is 14.9 Å². The standard InChI is InChI=1S/C22H31ClN2O3/c23-19-7-3-6-18(14-19)15-22(17-26)10-5-13-25(16-22)21(28)9-4-12-24-11-2-1-8-20(24)27/h3,6-7,14,26H,1-2,4-5,8-13,15-17H2/t22-/m0/s1. The first kappa shape index (κ1) is 21.1. The zero-order valence-corrected chi connectivity index (χ0v) is 17.3. The maximum atomic E-state index is 12.8. The number of aliphatic hydroxyl groups is 1. The number of carbonyl (C=O) groups excluding carboxylic acids is 2. The molecule has 0 saturated carbocycles. The Kier molecular flexibility index (Phi) is 7.36. The quantitative estimate of drug-likeness (QED) is 0.755. The van der Waals surface area contributed by atoms with Crippen LogP contribution in [0.1, 0.15) is 50.5 Å². The van der Waals surface area contributed by atoms with Crippen molar-refractivity contribution in [1.82, 2.24) is 9.80 Å². The highest BCUT2D eigenvalue weighted by Gasteiger charge is 2.36. The van der Waals surface area contributed by atoms with Crippen molar-refractivity contribution in [3.63, 3.8) is 0 Å². The number of benzene rings is 1.